The van der Waals surface area contributed by atoms with Crippen molar-refractivity contribution in [1.82, 2.24) is 20.1 Å². The fourth-order valence-electron chi connectivity index (χ4n) is 4.41. The zero-order valence-corrected chi connectivity index (χ0v) is 20.2. The predicted octanol–water partition coefficient (Wildman–Crippen LogP) is 2.95. The number of carbonyl (C=O) groups is 2. The molecule has 1 atom stereocenters. The Morgan fingerprint density at radius 2 is 1.97 bits per heavy atom. The molecule has 0 saturated carbocycles. The molecule has 0 aromatic carbocycles. The molecule has 9 heteroatoms. The Hall–Kier alpha value is -1.87. The van der Waals surface area contributed by atoms with E-state index < -0.39 is 0 Å². The lowest BCUT2D eigenvalue weighted by molar-refractivity contribution is -0.143. The third-order valence-corrected chi connectivity index (χ3v) is 7.27. The standard InChI is InChI=1S/C22H32N4O3S2/c1-4-29-18(27)14-16(2)24-21(30)26-13-9-22(15-26)7-11-25(12-8-22)20(28)17-6-5-10-23-19(17)31-3/h5-6,10,16H,4,7-9,11-15H2,1-3H3,(H,24,30). The number of hydrogen-bond acceptors (Lipinski definition) is 6. The number of thioether (sulfide) groups is 1. The van der Waals surface area contributed by atoms with Crippen molar-refractivity contribution in [2.45, 2.75) is 50.6 Å². The van der Waals surface area contributed by atoms with Gasteiger partial charge in [0, 0.05) is 38.4 Å². The van der Waals surface area contributed by atoms with Gasteiger partial charge in [-0.05, 0) is 69.1 Å². The highest BCUT2D eigenvalue weighted by Crippen LogP contribution is 2.40. The summed E-state index contributed by atoms with van der Waals surface area (Å²) in [5.41, 5.74) is 0.893. The first-order valence-electron chi connectivity index (χ1n) is 10.9. The molecule has 2 aliphatic heterocycles. The van der Waals surface area contributed by atoms with Gasteiger partial charge in [-0.3, -0.25) is 9.59 Å². The predicted molar refractivity (Wildman–Crippen MR) is 126 cm³/mol. The summed E-state index contributed by atoms with van der Waals surface area (Å²) in [6, 6.07) is 3.63. The second-order valence-electron chi connectivity index (χ2n) is 8.38. The number of esters is 1. The summed E-state index contributed by atoms with van der Waals surface area (Å²) in [6.07, 6.45) is 7.01. The van der Waals surface area contributed by atoms with Crippen LogP contribution in [0, 0.1) is 5.41 Å². The van der Waals surface area contributed by atoms with Gasteiger partial charge >= 0.3 is 5.97 Å². The molecule has 1 unspecified atom stereocenters. The number of carbonyl (C=O) groups excluding carboxylic acids is 2. The lowest BCUT2D eigenvalue weighted by Crippen LogP contribution is -2.47. The summed E-state index contributed by atoms with van der Waals surface area (Å²) < 4.78 is 5.01. The Kier molecular flexibility index (Phi) is 8.16. The molecular weight excluding hydrogens is 432 g/mol. The molecule has 3 rings (SSSR count). The van der Waals surface area contributed by atoms with Crippen LogP contribution in [-0.4, -0.2) is 76.9 Å². The molecule has 1 spiro atoms. The largest absolute Gasteiger partial charge is 0.466 e. The average molecular weight is 465 g/mol. The van der Waals surface area contributed by atoms with Crippen LogP contribution in [0.25, 0.3) is 0 Å². The number of thiocarbonyl (C=S) groups is 1. The maximum atomic E-state index is 13.0. The van der Waals surface area contributed by atoms with Crippen molar-refractivity contribution in [3.8, 4) is 0 Å². The Morgan fingerprint density at radius 1 is 1.29 bits per heavy atom. The Balaban J connectivity index is 1.51. The number of pyridine rings is 1. The van der Waals surface area contributed by atoms with Crippen molar-refractivity contribution in [2.75, 3.05) is 39.0 Å². The maximum Gasteiger partial charge on any atom is 0.307 e. The smallest absolute Gasteiger partial charge is 0.307 e. The number of piperidine rings is 1. The Bertz CT molecular complexity index is 812. The molecule has 170 valence electrons. The second kappa shape index (κ2) is 10.6. The lowest BCUT2D eigenvalue weighted by Gasteiger charge is -2.39. The third kappa shape index (κ3) is 5.88. The first-order valence-corrected chi connectivity index (χ1v) is 12.5. The number of nitrogens with one attached hydrogen (secondary N) is 1. The van der Waals surface area contributed by atoms with Gasteiger partial charge in [0.2, 0.25) is 0 Å². The minimum Gasteiger partial charge on any atom is -0.466 e. The molecular formula is C22H32N4O3S2. The molecule has 3 heterocycles. The molecule has 0 bridgehead atoms. The number of likely N-dealkylation sites (tertiary alicyclic amines) is 2. The second-order valence-corrected chi connectivity index (χ2v) is 9.57. The molecule has 7 nitrogen and oxygen atoms in total. The summed E-state index contributed by atoms with van der Waals surface area (Å²) in [4.78, 5) is 33.2. The summed E-state index contributed by atoms with van der Waals surface area (Å²) in [5.74, 6) is -0.134. The summed E-state index contributed by atoms with van der Waals surface area (Å²) >= 11 is 7.11. The normalized spacial score (nSPS) is 18.7. The van der Waals surface area contributed by atoms with Crippen LogP contribution in [-0.2, 0) is 9.53 Å². The van der Waals surface area contributed by atoms with Crippen molar-refractivity contribution in [1.29, 1.82) is 0 Å². The number of ether oxygens (including phenoxy) is 1. The van der Waals surface area contributed by atoms with Crippen molar-refractivity contribution in [3.63, 3.8) is 0 Å². The average Bonchev–Trinajstić information content (AvgIpc) is 3.17. The minimum absolute atomic E-state index is 0.0623. The van der Waals surface area contributed by atoms with Crippen LogP contribution in [0.5, 0.6) is 0 Å². The first kappa shape index (κ1) is 23.8. The van der Waals surface area contributed by atoms with Gasteiger partial charge in [-0.15, -0.1) is 11.8 Å². The minimum atomic E-state index is -0.210. The van der Waals surface area contributed by atoms with E-state index in [2.05, 4.69) is 15.2 Å². The highest BCUT2D eigenvalue weighted by molar-refractivity contribution is 7.98. The van der Waals surface area contributed by atoms with Crippen LogP contribution in [0.1, 0.15) is 49.9 Å². The zero-order valence-electron chi connectivity index (χ0n) is 18.6. The van der Waals surface area contributed by atoms with Gasteiger partial charge in [0.25, 0.3) is 5.91 Å². The van der Waals surface area contributed by atoms with E-state index in [0.29, 0.717) is 23.7 Å². The monoisotopic (exact) mass is 464 g/mol. The highest BCUT2D eigenvalue weighted by Gasteiger charge is 2.42. The number of aromatic nitrogens is 1. The Morgan fingerprint density at radius 3 is 2.61 bits per heavy atom. The molecule has 31 heavy (non-hydrogen) atoms. The van der Waals surface area contributed by atoms with E-state index in [1.807, 2.05) is 37.1 Å². The van der Waals surface area contributed by atoms with Crippen LogP contribution >= 0.6 is 24.0 Å². The topological polar surface area (TPSA) is 74.8 Å². The van der Waals surface area contributed by atoms with Crippen molar-refractivity contribution < 1.29 is 14.3 Å². The van der Waals surface area contributed by atoms with Crippen LogP contribution < -0.4 is 5.32 Å². The van der Waals surface area contributed by atoms with Gasteiger partial charge in [0.1, 0.15) is 5.03 Å². The van der Waals surface area contributed by atoms with Gasteiger partial charge in [0.15, 0.2) is 5.11 Å². The van der Waals surface area contributed by atoms with E-state index in [-0.39, 0.29) is 23.3 Å². The fourth-order valence-corrected chi connectivity index (χ4v) is 5.31. The van der Waals surface area contributed by atoms with Gasteiger partial charge < -0.3 is 19.9 Å². The lowest BCUT2D eigenvalue weighted by atomic mass is 9.77. The van der Waals surface area contributed by atoms with Gasteiger partial charge in [-0.1, -0.05) is 0 Å². The summed E-state index contributed by atoms with van der Waals surface area (Å²) in [7, 11) is 0. The van der Waals surface area contributed by atoms with Crippen LogP contribution in [0.3, 0.4) is 0 Å². The van der Waals surface area contributed by atoms with Crippen LogP contribution in [0.2, 0.25) is 0 Å². The van der Waals surface area contributed by atoms with Crippen LogP contribution in [0.4, 0.5) is 0 Å². The van der Waals surface area contributed by atoms with E-state index >= 15 is 0 Å². The van der Waals surface area contributed by atoms with E-state index in [1.165, 1.54) is 11.8 Å². The third-order valence-electron chi connectivity index (χ3n) is 6.18. The molecule has 1 amide bonds. The van der Waals surface area contributed by atoms with E-state index in [9.17, 15) is 9.59 Å². The number of amides is 1. The summed E-state index contributed by atoms with van der Waals surface area (Å²) in [6.45, 7) is 7.47. The molecule has 2 saturated heterocycles. The zero-order chi connectivity index (χ0) is 22.4. The van der Waals surface area contributed by atoms with E-state index in [1.54, 1.807) is 6.20 Å². The highest BCUT2D eigenvalue weighted by atomic mass is 32.2. The number of nitrogens with zero attached hydrogens (tertiary/aromatic N) is 3. The quantitative estimate of drug-likeness (QED) is 0.391. The molecule has 1 N–H and O–H groups in total. The van der Waals surface area contributed by atoms with Gasteiger partial charge in [-0.25, -0.2) is 4.98 Å². The number of hydrogen-bond donors (Lipinski definition) is 1. The maximum absolute atomic E-state index is 13.0. The van der Waals surface area contributed by atoms with Gasteiger partial charge in [0.05, 0.1) is 18.6 Å². The van der Waals surface area contributed by atoms with Crippen molar-refractivity contribution in [2.24, 2.45) is 5.41 Å². The molecule has 0 aliphatic carbocycles. The molecule has 1 aromatic rings. The Labute approximate surface area is 194 Å². The molecule has 1 aromatic heterocycles. The van der Waals surface area contributed by atoms with Crippen molar-refractivity contribution in [3.05, 3.63) is 23.9 Å². The van der Waals surface area contributed by atoms with E-state index in [4.69, 9.17) is 17.0 Å². The number of rotatable bonds is 6. The van der Waals surface area contributed by atoms with Crippen molar-refractivity contribution >= 4 is 41.0 Å². The van der Waals surface area contributed by atoms with Crippen LogP contribution in [0.15, 0.2) is 23.4 Å². The van der Waals surface area contributed by atoms with E-state index in [0.717, 1.165) is 50.5 Å². The molecule has 2 fully saturated rings. The SMILES string of the molecule is CCOC(=O)CC(C)NC(=S)N1CCC2(CCN(C(=O)c3cccnc3SC)CC2)C1. The fraction of sp³-hybridized carbons (Fsp3) is 0.636. The van der Waals surface area contributed by atoms with Gasteiger partial charge in [-0.2, -0.15) is 0 Å². The summed E-state index contributed by atoms with van der Waals surface area (Å²) in [5, 5.41) is 4.76. The molecule has 2 aliphatic rings. The first-order chi connectivity index (χ1) is 14.9. The molecule has 0 radical (unpaired) electrons.